The number of benzene rings is 2. The van der Waals surface area contributed by atoms with Crippen molar-refractivity contribution in [3.63, 3.8) is 0 Å². The van der Waals surface area contributed by atoms with Gasteiger partial charge in [-0.3, -0.25) is 9.59 Å². The highest BCUT2D eigenvalue weighted by Crippen LogP contribution is 2.38. The van der Waals surface area contributed by atoms with Crippen LogP contribution in [-0.4, -0.2) is 68.9 Å². The van der Waals surface area contributed by atoms with Crippen LogP contribution in [0.25, 0.3) is 0 Å². The third-order valence-corrected chi connectivity index (χ3v) is 6.53. The fourth-order valence-corrected chi connectivity index (χ4v) is 4.84. The third-order valence-electron chi connectivity index (χ3n) is 6.53. The molecule has 180 valence electrons. The van der Waals surface area contributed by atoms with Crippen molar-refractivity contribution in [3.8, 4) is 5.75 Å². The highest BCUT2D eigenvalue weighted by molar-refractivity contribution is 6.17. The van der Waals surface area contributed by atoms with Crippen LogP contribution in [0.5, 0.6) is 5.75 Å². The Kier molecular flexibility index (Phi) is 7.14. The summed E-state index contributed by atoms with van der Waals surface area (Å²) in [6.45, 7) is -0.219. The predicted molar refractivity (Wildman–Crippen MR) is 126 cm³/mol. The van der Waals surface area contributed by atoms with Gasteiger partial charge in [0.1, 0.15) is 12.3 Å². The molecule has 4 amide bonds. The maximum Gasteiger partial charge on any atom is 0.332 e. The van der Waals surface area contributed by atoms with E-state index in [0.29, 0.717) is 30.0 Å². The van der Waals surface area contributed by atoms with Crippen molar-refractivity contribution >= 4 is 29.2 Å². The average molecular weight is 468 g/mol. The molecule has 1 saturated carbocycles. The number of nitrogens with one attached hydrogen (secondary N) is 1. The fourth-order valence-electron chi connectivity index (χ4n) is 4.84. The van der Waals surface area contributed by atoms with E-state index in [1.165, 1.54) is 12.0 Å². The van der Waals surface area contributed by atoms with Gasteiger partial charge in [0.15, 0.2) is 0 Å². The number of hydrogen-bond acceptors (Lipinski definition) is 6. The maximum absolute atomic E-state index is 13.6. The van der Waals surface area contributed by atoms with Gasteiger partial charge in [0, 0.05) is 20.3 Å². The van der Waals surface area contributed by atoms with Crippen molar-refractivity contribution in [2.45, 2.75) is 31.1 Å². The van der Waals surface area contributed by atoms with E-state index >= 15 is 0 Å². The Morgan fingerprint density at radius 3 is 2.26 bits per heavy atom. The largest absolute Gasteiger partial charge is 0.495 e. The summed E-state index contributed by atoms with van der Waals surface area (Å²) in [5, 5.41) is 2.82. The minimum absolute atomic E-state index is 0.219. The lowest BCUT2D eigenvalue weighted by molar-refractivity contribution is -0.139. The molecule has 4 rings (SSSR count). The normalized spacial score (nSPS) is 24.6. The van der Waals surface area contributed by atoms with Crippen molar-refractivity contribution in [2.75, 3.05) is 38.1 Å². The Morgan fingerprint density at radius 2 is 1.59 bits per heavy atom. The third kappa shape index (κ3) is 4.49. The average Bonchev–Trinajstić information content (AvgIpc) is 2.86. The maximum atomic E-state index is 13.6. The monoisotopic (exact) mass is 467 g/mol. The summed E-state index contributed by atoms with van der Waals surface area (Å²) in [6, 6.07) is 14.8. The number of imide groups is 1. The smallest absolute Gasteiger partial charge is 0.332 e. The minimum Gasteiger partial charge on any atom is -0.495 e. The SMILES string of the molecule is COc1ccccc1NC(=O)CN1C(=O)N(c2ccccc2)C(=O)C2CC(OC)C(OC)CC21. The number of urea groups is 1. The van der Waals surface area contributed by atoms with Gasteiger partial charge in [-0.15, -0.1) is 0 Å². The van der Waals surface area contributed by atoms with Crippen LogP contribution in [0.2, 0.25) is 0 Å². The van der Waals surface area contributed by atoms with Gasteiger partial charge >= 0.3 is 6.03 Å². The fraction of sp³-hybridized carbons (Fsp3) is 0.400. The van der Waals surface area contributed by atoms with E-state index in [0.717, 1.165) is 4.90 Å². The van der Waals surface area contributed by atoms with Crippen LogP contribution < -0.4 is 15.0 Å². The van der Waals surface area contributed by atoms with E-state index in [-0.39, 0.29) is 30.6 Å². The number of fused-ring (bicyclic) bond motifs is 1. The van der Waals surface area contributed by atoms with Gasteiger partial charge in [-0.1, -0.05) is 30.3 Å². The molecule has 0 spiro atoms. The zero-order valence-corrected chi connectivity index (χ0v) is 19.5. The highest BCUT2D eigenvalue weighted by atomic mass is 16.5. The zero-order valence-electron chi connectivity index (χ0n) is 19.5. The van der Waals surface area contributed by atoms with E-state index in [4.69, 9.17) is 14.2 Å². The number of carbonyl (C=O) groups is 3. The number of methoxy groups -OCH3 is 3. The summed E-state index contributed by atoms with van der Waals surface area (Å²) in [4.78, 5) is 42.8. The molecule has 9 nitrogen and oxygen atoms in total. The first-order chi connectivity index (χ1) is 16.5. The molecule has 9 heteroatoms. The molecule has 34 heavy (non-hydrogen) atoms. The molecule has 1 heterocycles. The molecule has 2 fully saturated rings. The van der Waals surface area contributed by atoms with Crippen LogP contribution in [0, 0.1) is 5.92 Å². The van der Waals surface area contributed by atoms with E-state index in [2.05, 4.69) is 5.32 Å². The van der Waals surface area contributed by atoms with Gasteiger partial charge in [-0.2, -0.15) is 0 Å². The molecule has 1 saturated heterocycles. The number of ether oxygens (including phenoxy) is 3. The van der Waals surface area contributed by atoms with Gasteiger partial charge in [0.05, 0.1) is 36.6 Å². The number of para-hydroxylation sites is 3. The van der Waals surface area contributed by atoms with Crippen molar-refractivity contribution < 1.29 is 28.6 Å². The first-order valence-corrected chi connectivity index (χ1v) is 11.2. The molecule has 0 radical (unpaired) electrons. The van der Waals surface area contributed by atoms with Crippen LogP contribution in [0.1, 0.15) is 12.8 Å². The summed E-state index contributed by atoms with van der Waals surface area (Å²) >= 11 is 0. The standard InChI is InChI=1S/C25H29N3O6/c1-32-20-12-8-7-11-18(20)26-23(29)15-27-19-14-22(34-3)21(33-2)13-17(19)24(30)28(25(27)31)16-9-5-4-6-10-16/h4-12,17,19,21-22H,13-15H2,1-3H3,(H,26,29). The zero-order chi connectivity index (χ0) is 24.2. The van der Waals surface area contributed by atoms with Gasteiger partial charge in [0.25, 0.3) is 0 Å². The number of rotatable bonds is 7. The van der Waals surface area contributed by atoms with E-state index in [1.54, 1.807) is 62.8 Å². The van der Waals surface area contributed by atoms with Gasteiger partial charge < -0.3 is 24.4 Å². The van der Waals surface area contributed by atoms with Gasteiger partial charge in [-0.25, -0.2) is 9.69 Å². The molecular formula is C25H29N3O6. The number of hydrogen-bond donors (Lipinski definition) is 1. The molecule has 2 aromatic rings. The predicted octanol–water partition coefficient (Wildman–Crippen LogP) is 2.91. The summed E-state index contributed by atoms with van der Waals surface area (Å²) in [6.07, 6.45) is 0.196. The topological polar surface area (TPSA) is 97.4 Å². The molecule has 0 bridgehead atoms. The van der Waals surface area contributed by atoms with Gasteiger partial charge in [-0.05, 0) is 37.1 Å². The molecule has 1 aliphatic heterocycles. The van der Waals surface area contributed by atoms with Crippen LogP contribution >= 0.6 is 0 Å². The lowest BCUT2D eigenvalue weighted by Gasteiger charge is -2.49. The molecule has 2 aromatic carbocycles. The second-order valence-electron chi connectivity index (χ2n) is 8.36. The quantitative estimate of drug-likeness (QED) is 0.673. The van der Waals surface area contributed by atoms with E-state index < -0.39 is 18.0 Å². The molecule has 0 aromatic heterocycles. The van der Waals surface area contributed by atoms with Crippen LogP contribution in [0.15, 0.2) is 54.6 Å². The van der Waals surface area contributed by atoms with Crippen molar-refractivity contribution in [3.05, 3.63) is 54.6 Å². The Balaban J connectivity index is 1.64. The molecule has 1 aliphatic carbocycles. The lowest BCUT2D eigenvalue weighted by atomic mass is 9.78. The minimum atomic E-state index is -0.529. The first kappa shape index (κ1) is 23.7. The number of carbonyl (C=O) groups excluding carboxylic acids is 3. The van der Waals surface area contributed by atoms with Crippen LogP contribution in [0.4, 0.5) is 16.2 Å². The molecule has 4 unspecified atom stereocenters. The molecule has 4 atom stereocenters. The summed E-state index contributed by atoms with van der Waals surface area (Å²) in [7, 11) is 4.69. The highest BCUT2D eigenvalue weighted by Gasteiger charge is 2.52. The lowest BCUT2D eigenvalue weighted by Crippen LogP contribution is -2.66. The molecular weight excluding hydrogens is 438 g/mol. The molecule has 2 aliphatic rings. The number of anilines is 2. The summed E-state index contributed by atoms with van der Waals surface area (Å²) in [5.41, 5.74) is 0.971. The van der Waals surface area contributed by atoms with Gasteiger partial charge in [0.2, 0.25) is 11.8 Å². The first-order valence-electron chi connectivity index (χ1n) is 11.2. The summed E-state index contributed by atoms with van der Waals surface area (Å²) < 4.78 is 16.5. The van der Waals surface area contributed by atoms with Crippen LogP contribution in [0.3, 0.4) is 0 Å². The van der Waals surface area contributed by atoms with E-state index in [1.807, 2.05) is 6.07 Å². The number of amides is 4. The Bertz CT molecular complexity index is 1050. The Labute approximate surface area is 198 Å². The van der Waals surface area contributed by atoms with E-state index in [9.17, 15) is 14.4 Å². The van der Waals surface area contributed by atoms with Crippen molar-refractivity contribution in [2.24, 2.45) is 5.92 Å². The second-order valence-corrected chi connectivity index (χ2v) is 8.36. The van der Waals surface area contributed by atoms with Crippen LogP contribution in [-0.2, 0) is 19.1 Å². The van der Waals surface area contributed by atoms with Crippen molar-refractivity contribution in [1.82, 2.24) is 4.90 Å². The van der Waals surface area contributed by atoms with Crippen molar-refractivity contribution in [1.29, 1.82) is 0 Å². The second kappa shape index (κ2) is 10.2. The number of nitrogens with zero attached hydrogens (tertiary/aromatic N) is 2. The molecule has 1 N–H and O–H groups in total. The summed E-state index contributed by atoms with van der Waals surface area (Å²) in [5.74, 6) is -0.686. The Hall–Kier alpha value is -3.43. The Morgan fingerprint density at radius 1 is 0.941 bits per heavy atom.